The van der Waals surface area contributed by atoms with Crippen molar-refractivity contribution in [3.8, 4) is 0 Å². The second-order valence-corrected chi connectivity index (χ2v) is 10.1. The molecule has 1 saturated heterocycles. The van der Waals surface area contributed by atoms with Crippen LogP contribution in [0.4, 0.5) is 5.82 Å². The average Bonchev–Trinajstić information content (AvgIpc) is 3.26. The first kappa shape index (κ1) is 19.4. The number of fused-ring (bicyclic) bond motifs is 3. The SMILES string of the molecule is CCCCSc1nc(NC[C@H]2CCCO2)c2c3c(sc2n1)COC(C)(C)C3. The molecule has 4 rings (SSSR count). The molecule has 2 aromatic heterocycles. The van der Waals surface area contributed by atoms with Crippen LogP contribution in [0.1, 0.15) is 56.9 Å². The van der Waals surface area contributed by atoms with Gasteiger partial charge in [0, 0.05) is 30.2 Å². The van der Waals surface area contributed by atoms with Crippen LogP contribution in [0.5, 0.6) is 0 Å². The van der Waals surface area contributed by atoms with Gasteiger partial charge in [-0.25, -0.2) is 9.97 Å². The number of rotatable bonds is 7. The Morgan fingerprint density at radius 2 is 2.22 bits per heavy atom. The van der Waals surface area contributed by atoms with Gasteiger partial charge in [-0.05, 0) is 38.7 Å². The van der Waals surface area contributed by atoms with E-state index in [1.165, 1.54) is 28.7 Å². The minimum Gasteiger partial charge on any atom is -0.376 e. The van der Waals surface area contributed by atoms with Crippen LogP contribution in [0.25, 0.3) is 10.2 Å². The monoisotopic (exact) mass is 407 g/mol. The minimum absolute atomic E-state index is 0.138. The minimum atomic E-state index is -0.138. The first-order valence-corrected chi connectivity index (χ1v) is 11.8. The highest BCUT2D eigenvalue weighted by molar-refractivity contribution is 7.99. The van der Waals surface area contributed by atoms with Gasteiger partial charge in [0.25, 0.3) is 0 Å². The van der Waals surface area contributed by atoms with Crippen LogP contribution in [0.2, 0.25) is 0 Å². The van der Waals surface area contributed by atoms with Crippen molar-refractivity contribution in [2.24, 2.45) is 0 Å². The van der Waals surface area contributed by atoms with Gasteiger partial charge in [0.1, 0.15) is 10.6 Å². The molecule has 2 aliphatic heterocycles. The fraction of sp³-hybridized carbons (Fsp3) is 0.700. The number of hydrogen-bond acceptors (Lipinski definition) is 7. The van der Waals surface area contributed by atoms with E-state index >= 15 is 0 Å². The molecule has 0 radical (unpaired) electrons. The summed E-state index contributed by atoms with van der Waals surface area (Å²) in [4.78, 5) is 12.2. The number of nitrogens with zero attached hydrogens (tertiary/aromatic N) is 2. The fourth-order valence-electron chi connectivity index (χ4n) is 3.64. The summed E-state index contributed by atoms with van der Waals surface area (Å²) in [6.07, 6.45) is 5.86. The van der Waals surface area contributed by atoms with Crippen LogP contribution < -0.4 is 5.32 Å². The van der Waals surface area contributed by atoms with E-state index in [2.05, 4.69) is 26.1 Å². The lowest BCUT2D eigenvalue weighted by atomic mass is 9.94. The number of hydrogen-bond donors (Lipinski definition) is 1. The summed E-state index contributed by atoms with van der Waals surface area (Å²) in [5.41, 5.74) is 1.23. The standard InChI is InChI=1S/C20H29N3O2S2/c1-4-5-9-26-19-22-17(21-11-13-7-6-8-24-13)16-14-10-20(2,3)25-12-15(14)27-18(16)23-19/h13H,4-12H2,1-3H3,(H,21,22,23)/t13-/m1/s1. The number of thioether (sulfide) groups is 1. The van der Waals surface area contributed by atoms with Crippen molar-refractivity contribution in [1.82, 2.24) is 9.97 Å². The molecule has 5 nitrogen and oxygen atoms in total. The summed E-state index contributed by atoms with van der Waals surface area (Å²) < 4.78 is 11.8. The van der Waals surface area contributed by atoms with E-state index in [0.29, 0.717) is 12.7 Å². The highest BCUT2D eigenvalue weighted by Gasteiger charge is 2.31. The zero-order valence-electron chi connectivity index (χ0n) is 16.5. The summed E-state index contributed by atoms with van der Waals surface area (Å²) in [6, 6.07) is 0. The molecule has 1 atom stereocenters. The Balaban J connectivity index is 1.67. The van der Waals surface area contributed by atoms with Crippen molar-refractivity contribution in [1.29, 1.82) is 0 Å². The predicted molar refractivity (Wildman–Crippen MR) is 113 cm³/mol. The van der Waals surface area contributed by atoms with Gasteiger partial charge < -0.3 is 14.8 Å². The molecule has 1 fully saturated rings. The summed E-state index contributed by atoms with van der Waals surface area (Å²) in [6.45, 7) is 8.91. The number of nitrogens with one attached hydrogen (secondary N) is 1. The fourth-order valence-corrected chi connectivity index (χ4v) is 5.73. The number of anilines is 1. The number of ether oxygens (including phenoxy) is 2. The summed E-state index contributed by atoms with van der Waals surface area (Å²) in [5, 5.41) is 5.68. The van der Waals surface area contributed by atoms with E-state index in [9.17, 15) is 0 Å². The maximum Gasteiger partial charge on any atom is 0.190 e. The molecule has 0 unspecified atom stereocenters. The van der Waals surface area contributed by atoms with Gasteiger partial charge in [0.15, 0.2) is 5.16 Å². The van der Waals surface area contributed by atoms with Crippen LogP contribution in [0.15, 0.2) is 5.16 Å². The van der Waals surface area contributed by atoms with Gasteiger partial charge in [-0.15, -0.1) is 11.3 Å². The summed E-state index contributed by atoms with van der Waals surface area (Å²) in [7, 11) is 0. The molecule has 0 aromatic carbocycles. The predicted octanol–water partition coefficient (Wildman–Crippen LogP) is 5.03. The first-order valence-electron chi connectivity index (χ1n) is 10.0. The number of unbranched alkanes of at least 4 members (excludes halogenated alkanes) is 1. The van der Waals surface area contributed by atoms with E-state index in [-0.39, 0.29) is 5.60 Å². The van der Waals surface area contributed by atoms with Crippen molar-refractivity contribution < 1.29 is 9.47 Å². The number of aromatic nitrogens is 2. The van der Waals surface area contributed by atoms with Crippen LogP contribution in [0, 0.1) is 0 Å². The summed E-state index contributed by atoms with van der Waals surface area (Å²) in [5.74, 6) is 2.04. The quantitative estimate of drug-likeness (QED) is 0.395. The van der Waals surface area contributed by atoms with E-state index in [1.807, 2.05) is 0 Å². The smallest absolute Gasteiger partial charge is 0.190 e. The Hall–Kier alpha value is -0.890. The Morgan fingerprint density at radius 3 is 3.00 bits per heavy atom. The number of thiophene rings is 1. The summed E-state index contributed by atoms with van der Waals surface area (Å²) >= 11 is 3.53. The van der Waals surface area contributed by atoms with Crippen molar-refractivity contribution >= 4 is 39.1 Å². The third kappa shape index (κ3) is 4.42. The average molecular weight is 408 g/mol. The third-order valence-corrected chi connectivity index (χ3v) is 7.19. The van der Waals surface area contributed by atoms with Gasteiger partial charge in [-0.1, -0.05) is 25.1 Å². The molecule has 2 aliphatic rings. The maximum absolute atomic E-state index is 6.03. The maximum atomic E-state index is 6.03. The van der Waals surface area contributed by atoms with Crippen molar-refractivity contribution in [3.63, 3.8) is 0 Å². The molecule has 0 amide bonds. The lowest BCUT2D eigenvalue weighted by molar-refractivity contribution is -0.0379. The van der Waals surface area contributed by atoms with Gasteiger partial charge in [0.2, 0.25) is 0 Å². The van der Waals surface area contributed by atoms with Crippen LogP contribution in [0.3, 0.4) is 0 Å². The van der Waals surface area contributed by atoms with Crippen molar-refractivity contribution in [3.05, 3.63) is 10.4 Å². The lowest BCUT2D eigenvalue weighted by Crippen LogP contribution is -2.31. The zero-order chi connectivity index (χ0) is 18.9. The zero-order valence-corrected chi connectivity index (χ0v) is 18.1. The molecule has 0 bridgehead atoms. The largest absolute Gasteiger partial charge is 0.376 e. The van der Waals surface area contributed by atoms with E-state index in [1.54, 1.807) is 23.1 Å². The molecular formula is C20H29N3O2S2. The molecule has 148 valence electrons. The van der Waals surface area contributed by atoms with Gasteiger partial charge >= 0.3 is 0 Å². The second-order valence-electron chi connectivity index (χ2n) is 7.98. The van der Waals surface area contributed by atoms with Gasteiger partial charge in [0.05, 0.1) is 23.7 Å². The Bertz CT molecular complexity index is 800. The molecule has 2 aromatic rings. The van der Waals surface area contributed by atoms with E-state index < -0.39 is 0 Å². The van der Waals surface area contributed by atoms with Crippen molar-refractivity contribution in [2.75, 3.05) is 24.2 Å². The normalized spacial score (nSPS) is 21.5. The molecule has 0 saturated carbocycles. The van der Waals surface area contributed by atoms with Gasteiger partial charge in [-0.3, -0.25) is 0 Å². The van der Waals surface area contributed by atoms with Crippen LogP contribution in [-0.2, 0) is 22.5 Å². The van der Waals surface area contributed by atoms with E-state index in [4.69, 9.17) is 19.4 Å². The Labute approximate surface area is 169 Å². The Morgan fingerprint density at radius 1 is 1.33 bits per heavy atom. The molecule has 0 spiro atoms. The van der Waals surface area contributed by atoms with Crippen molar-refractivity contribution in [2.45, 2.75) is 76.3 Å². The third-order valence-electron chi connectivity index (χ3n) is 5.16. The second kappa shape index (κ2) is 8.23. The molecular weight excluding hydrogens is 378 g/mol. The highest BCUT2D eigenvalue weighted by atomic mass is 32.2. The molecule has 1 N–H and O–H groups in total. The molecule has 7 heteroatoms. The van der Waals surface area contributed by atoms with Crippen LogP contribution in [-0.4, -0.2) is 40.6 Å². The topological polar surface area (TPSA) is 56.3 Å². The Kier molecular flexibility index (Phi) is 5.92. The molecule has 4 heterocycles. The first-order chi connectivity index (χ1) is 13.1. The van der Waals surface area contributed by atoms with Gasteiger partial charge in [-0.2, -0.15) is 0 Å². The van der Waals surface area contributed by atoms with Crippen LogP contribution >= 0.6 is 23.1 Å². The highest BCUT2D eigenvalue weighted by Crippen LogP contribution is 2.41. The molecule has 27 heavy (non-hydrogen) atoms. The molecule has 0 aliphatic carbocycles. The van der Waals surface area contributed by atoms with E-state index in [0.717, 1.165) is 54.0 Å². The lowest BCUT2D eigenvalue weighted by Gasteiger charge is -2.30.